The van der Waals surface area contributed by atoms with Crippen molar-refractivity contribution >= 4 is 12.4 Å². The fourth-order valence-corrected chi connectivity index (χ4v) is 2.31. The lowest BCUT2D eigenvalue weighted by molar-refractivity contribution is 0.516. The van der Waals surface area contributed by atoms with Crippen molar-refractivity contribution in [3.8, 4) is 0 Å². The zero-order chi connectivity index (χ0) is 11.3. The Hall–Kier alpha value is 0.210. The second-order valence-electron chi connectivity index (χ2n) is 5.04. The third kappa shape index (κ3) is 12.5. The van der Waals surface area contributed by atoms with E-state index < -0.39 is 0 Å². The van der Waals surface area contributed by atoms with E-state index in [0.717, 1.165) is 0 Å². The van der Waals surface area contributed by atoms with E-state index in [0.29, 0.717) is 0 Å². The predicted molar refractivity (Wildman–Crippen MR) is 79.2 cm³/mol. The number of halogens is 1. The molecule has 17 heavy (non-hydrogen) atoms. The first-order chi connectivity index (χ1) is 8.00. The van der Waals surface area contributed by atoms with Crippen molar-refractivity contribution in [2.75, 3.05) is 26.2 Å². The standard InChI is InChI=1S/2C7H15N.ClH/c2*1-2-4-6-8-7-5-3-1;/h2*8H,1-7H2;1H. The van der Waals surface area contributed by atoms with Gasteiger partial charge in [0.1, 0.15) is 0 Å². The van der Waals surface area contributed by atoms with E-state index in [1.165, 1.54) is 90.4 Å². The van der Waals surface area contributed by atoms with Crippen LogP contribution in [0.1, 0.15) is 64.2 Å². The van der Waals surface area contributed by atoms with Crippen LogP contribution in [0.3, 0.4) is 0 Å². The molecule has 0 radical (unpaired) electrons. The molecule has 0 atom stereocenters. The Morgan fingerprint density at radius 2 is 0.588 bits per heavy atom. The smallest absolute Gasteiger partial charge is 0.00489 e. The normalized spacial score (nSPS) is 22.6. The van der Waals surface area contributed by atoms with Crippen LogP contribution in [0.25, 0.3) is 0 Å². The number of rotatable bonds is 0. The third-order valence-corrected chi connectivity index (χ3v) is 3.41. The highest BCUT2D eigenvalue weighted by Gasteiger charge is 1.95. The van der Waals surface area contributed by atoms with Gasteiger partial charge in [0, 0.05) is 0 Å². The van der Waals surface area contributed by atoms with Crippen LogP contribution in [-0.2, 0) is 0 Å². The van der Waals surface area contributed by atoms with Gasteiger partial charge >= 0.3 is 0 Å². The number of hydrogen-bond donors (Lipinski definition) is 2. The Bertz CT molecular complexity index is 78.2. The maximum atomic E-state index is 3.39. The fraction of sp³-hybridized carbons (Fsp3) is 1.00. The van der Waals surface area contributed by atoms with E-state index in [9.17, 15) is 0 Å². The molecule has 0 bridgehead atoms. The molecule has 2 fully saturated rings. The SMILES string of the molecule is C1CCCNCCC1.C1CCCNCCC1.Cl. The van der Waals surface area contributed by atoms with E-state index in [1.54, 1.807) is 0 Å². The summed E-state index contributed by atoms with van der Waals surface area (Å²) in [7, 11) is 0. The van der Waals surface area contributed by atoms with E-state index in [1.807, 2.05) is 0 Å². The third-order valence-electron chi connectivity index (χ3n) is 3.41. The van der Waals surface area contributed by atoms with Gasteiger partial charge in [-0.3, -0.25) is 0 Å². The average Bonchev–Trinajstić information content (AvgIpc) is 2.15. The van der Waals surface area contributed by atoms with E-state index >= 15 is 0 Å². The highest BCUT2D eigenvalue weighted by molar-refractivity contribution is 5.85. The molecule has 2 aliphatic heterocycles. The summed E-state index contributed by atoms with van der Waals surface area (Å²) in [5.41, 5.74) is 0. The molecule has 0 unspecified atom stereocenters. The van der Waals surface area contributed by atoms with Gasteiger partial charge in [0.2, 0.25) is 0 Å². The predicted octanol–water partition coefficient (Wildman–Crippen LogP) is 3.50. The molecule has 0 aliphatic carbocycles. The van der Waals surface area contributed by atoms with Crippen molar-refractivity contribution in [1.29, 1.82) is 0 Å². The zero-order valence-corrected chi connectivity index (χ0v) is 12.1. The van der Waals surface area contributed by atoms with Crippen molar-refractivity contribution in [3.63, 3.8) is 0 Å². The van der Waals surface area contributed by atoms with Gasteiger partial charge in [-0.2, -0.15) is 0 Å². The van der Waals surface area contributed by atoms with Gasteiger partial charge in [-0.05, 0) is 51.9 Å². The maximum absolute atomic E-state index is 3.39. The molecule has 0 amide bonds. The molecular formula is C14H31ClN2. The topological polar surface area (TPSA) is 24.1 Å². The Morgan fingerprint density at radius 1 is 0.353 bits per heavy atom. The first-order valence-corrected chi connectivity index (χ1v) is 7.41. The van der Waals surface area contributed by atoms with Gasteiger partial charge in [-0.25, -0.2) is 0 Å². The molecule has 2 heterocycles. The van der Waals surface area contributed by atoms with Crippen molar-refractivity contribution in [3.05, 3.63) is 0 Å². The molecule has 3 heteroatoms. The van der Waals surface area contributed by atoms with Crippen LogP contribution in [0.2, 0.25) is 0 Å². The lowest BCUT2D eigenvalue weighted by Crippen LogP contribution is -2.18. The van der Waals surface area contributed by atoms with E-state index in [-0.39, 0.29) is 12.4 Å². The van der Waals surface area contributed by atoms with Crippen LogP contribution in [0, 0.1) is 0 Å². The molecule has 0 spiro atoms. The maximum Gasteiger partial charge on any atom is -0.00489 e. The first kappa shape index (κ1) is 17.2. The molecule has 2 saturated heterocycles. The summed E-state index contributed by atoms with van der Waals surface area (Å²) in [6.07, 6.45) is 14.2. The minimum absolute atomic E-state index is 0. The number of nitrogens with one attached hydrogen (secondary N) is 2. The van der Waals surface area contributed by atoms with Gasteiger partial charge in [-0.1, -0.05) is 38.5 Å². The van der Waals surface area contributed by atoms with Crippen LogP contribution in [-0.4, -0.2) is 26.2 Å². The quantitative estimate of drug-likeness (QED) is 0.698. The van der Waals surface area contributed by atoms with Crippen LogP contribution >= 0.6 is 12.4 Å². The van der Waals surface area contributed by atoms with Crippen LogP contribution in [0.15, 0.2) is 0 Å². The largest absolute Gasteiger partial charge is 0.317 e. The van der Waals surface area contributed by atoms with Gasteiger partial charge < -0.3 is 10.6 Å². The molecule has 2 aliphatic rings. The van der Waals surface area contributed by atoms with Crippen LogP contribution in [0.4, 0.5) is 0 Å². The molecule has 0 aromatic heterocycles. The lowest BCUT2D eigenvalue weighted by atomic mass is 10.1. The highest BCUT2D eigenvalue weighted by Crippen LogP contribution is 2.04. The highest BCUT2D eigenvalue weighted by atomic mass is 35.5. The first-order valence-electron chi connectivity index (χ1n) is 7.41. The molecule has 2 N–H and O–H groups in total. The van der Waals surface area contributed by atoms with Crippen LogP contribution < -0.4 is 10.6 Å². The molecule has 2 rings (SSSR count). The van der Waals surface area contributed by atoms with Crippen LogP contribution in [0.5, 0.6) is 0 Å². The molecule has 0 saturated carbocycles. The monoisotopic (exact) mass is 262 g/mol. The molecular weight excluding hydrogens is 232 g/mol. The summed E-state index contributed by atoms with van der Waals surface area (Å²) in [6.45, 7) is 5.00. The zero-order valence-electron chi connectivity index (χ0n) is 11.3. The summed E-state index contributed by atoms with van der Waals surface area (Å²) < 4.78 is 0. The molecule has 0 aromatic rings. The number of hydrogen-bond acceptors (Lipinski definition) is 2. The minimum Gasteiger partial charge on any atom is -0.317 e. The second-order valence-corrected chi connectivity index (χ2v) is 5.04. The van der Waals surface area contributed by atoms with Gasteiger partial charge in [-0.15, -0.1) is 12.4 Å². The van der Waals surface area contributed by atoms with Gasteiger partial charge in [0.05, 0.1) is 0 Å². The summed E-state index contributed by atoms with van der Waals surface area (Å²) in [5.74, 6) is 0. The molecule has 104 valence electrons. The van der Waals surface area contributed by atoms with Crippen molar-refractivity contribution in [2.24, 2.45) is 0 Å². The Morgan fingerprint density at radius 3 is 0.882 bits per heavy atom. The van der Waals surface area contributed by atoms with Crippen molar-refractivity contribution in [2.45, 2.75) is 64.2 Å². The average molecular weight is 263 g/mol. The second kappa shape index (κ2) is 14.3. The van der Waals surface area contributed by atoms with E-state index in [2.05, 4.69) is 10.6 Å². The van der Waals surface area contributed by atoms with Crippen molar-refractivity contribution < 1.29 is 0 Å². The summed E-state index contributed by atoms with van der Waals surface area (Å²) in [5, 5.41) is 6.77. The Balaban J connectivity index is 0.000000284. The summed E-state index contributed by atoms with van der Waals surface area (Å²) in [4.78, 5) is 0. The summed E-state index contributed by atoms with van der Waals surface area (Å²) >= 11 is 0. The van der Waals surface area contributed by atoms with Crippen molar-refractivity contribution in [1.82, 2.24) is 10.6 Å². The molecule has 0 aromatic carbocycles. The minimum atomic E-state index is 0. The summed E-state index contributed by atoms with van der Waals surface area (Å²) in [6, 6.07) is 0. The van der Waals surface area contributed by atoms with E-state index in [4.69, 9.17) is 0 Å². The van der Waals surface area contributed by atoms with Gasteiger partial charge in [0.15, 0.2) is 0 Å². The Labute approximate surface area is 114 Å². The van der Waals surface area contributed by atoms with Gasteiger partial charge in [0.25, 0.3) is 0 Å². The lowest BCUT2D eigenvalue weighted by Gasteiger charge is -2.08. The Kier molecular flexibility index (Phi) is 14.4. The molecule has 2 nitrogen and oxygen atoms in total. The fourth-order valence-electron chi connectivity index (χ4n) is 2.31.